The monoisotopic (exact) mass is 329 g/mol. The Labute approximate surface area is 144 Å². The van der Waals surface area contributed by atoms with E-state index in [2.05, 4.69) is 11.6 Å². The highest BCUT2D eigenvalue weighted by Gasteiger charge is 2.12. The average Bonchev–Trinajstić information content (AvgIpc) is 3.06. The molecule has 4 heteroatoms. The number of hydrogen-bond acceptors (Lipinski definition) is 4. The molecule has 3 aromatic carbocycles. The first-order chi connectivity index (χ1) is 12.1. The summed E-state index contributed by atoms with van der Waals surface area (Å²) in [5, 5.41) is 2.15. The van der Waals surface area contributed by atoms with E-state index in [9.17, 15) is 4.79 Å². The third-order valence-electron chi connectivity index (χ3n) is 3.92. The third-order valence-corrected chi connectivity index (χ3v) is 3.92. The molecule has 0 radical (unpaired) electrons. The van der Waals surface area contributed by atoms with Gasteiger partial charge in [-0.2, -0.15) is 0 Å². The van der Waals surface area contributed by atoms with Gasteiger partial charge in [0.15, 0.2) is 5.58 Å². The second kappa shape index (κ2) is 5.91. The zero-order valence-corrected chi connectivity index (χ0v) is 13.7. The van der Waals surface area contributed by atoms with Crippen LogP contribution in [0.1, 0.15) is 6.92 Å². The van der Waals surface area contributed by atoms with Crippen molar-refractivity contribution in [2.24, 2.45) is 0 Å². The zero-order valence-electron chi connectivity index (χ0n) is 13.7. The van der Waals surface area contributed by atoms with Gasteiger partial charge >= 0.3 is 5.97 Å². The Morgan fingerprint density at radius 1 is 1.08 bits per heavy atom. The predicted octanol–water partition coefficient (Wildman–Crippen LogP) is 5.13. The molecule has 0 N–H and O–H groups in total. The zero-order chi connectivity index (χ0) is 17.4. The largest absolute Gasteiger partial charge is 0.436 e. The molecule has 1 heterocycles. The third kappa shape index (κ3) is 2.78. The first-order valence-corrected chi connectivity index (χ1v) is 7.88. The SMILES string of the molecule is C=C(C)C(=O)Oc1cccc(-c2nc3c(ccc4ccccc43)o2)c1. The van der Waals surface area contributed by atoms with Crippen LogP contribution in [0, 0.1) is 0 Å². The van der Waals surface area contributed by atoms with Crippen LogP contribution in [0.15, 0.2) is 77.2 Å². The summed E-state index contributed by atoms with van der Waals surface area (Å²) in [6.45, 7) is 5.19. The van der Waals surface area contributed by atoms with Crippen LogP contribution in [-0.2, 0) is 4.79 Å². The number of carbonyl (C=O) groups is 1. The van der Waals surface area contributed by atoms with Crippen LogP contribution in [0.2, 0.25) is 0 Å². The summed E-state index contributed by atoms with van der Waals surface area (Å²) in [5.74, 6) is 0.456. The smallest absolute Gasteiger partial charge is 0.338 e. The molecule has 122 valence electrons. The molecule has 0 aliphatic rings. The molecule has 4 aromatic rings. The van der Waals surface area contributed by atoms with E-state index < -0.39 is 5.97 Å². The Hall–Kier alpha value is -3.40. The van der Waals surface area contributed by atoms with Gasteiger partial charge in [0.1, 0.15) is 11.3 Å². The number of benzene rings is 3. The molecule has 0 spiro atoms. The Bertz CT molecular complexity index is 1120. The molecule has 0 saturated carbocycles. The van der Waals surface area contributed by atoms with Crippen molar-refractivity contribution in [3.63, 3.8) is 0 Å². The van der Waals surface area contributed by atoms with Crippen LogP contribution in [0.5, 0.6) is 5.75 Å². The minimum absolute atomic E-state index is 0.346. The maximum atomic E-state index is 11.7. The Kier molecular flexibility index (Phi) is 3.58. The quantitative estimate of drug-likeness (QED) is 0.297. The number of fused-ring (bicyclic) bond motifs is 3. The lowest BCUT2D eigenvalue weighted by atomic mass is 10.1. The van der Waals surface area contributed by atoms with Gasteiger partial charge in [-0.3, -0.25) is 0 Å². The lowest BCUT2D eigenvalue weighted by molar-refractivity contribution is -0.130. The molecular weight excluding hydrogens is 314 g/mol. The van der Waals surface area contributed by atoms with E-state index in [4.69, 9.17) is 9.15 Å². The van der Waals surface area contributed by atoms with Crippen LogP contribution in [0.25, 0.3) is 33.3 Å². The van der Waals surface area contributed by atoms with Gasteiger partial charge in [0.25, 0.3) is 0 Å². The van der Waals surface area contributed by atoms with Gasteiger partial charge in [-0.05, 0) is 36.6 Å². The summed E-state index contributed by atoms with van der Waals surface area (Å²) in [6.07, 6.45) is 0. The van der Waals surface area contributed by atoms with Crippen molar-refractivity contribution < 1.29 is 13.9 Å². The highest BCUT2D eigenvalue weighted by atomic mass is 16.5. The molecular formula is C21H15NO3. The lowest BCUT2D eigenvalue weighted by Gasteiger charge is -2.04. The van der Waals surface area contributed by atoms with E-state index in [1.165, 1.54) is 0 Å². The van der Waals surface area contributed by atoms with Gasteiger partial charge in [0, 0.05) is 16.5 Å². The van der Waals surface area contributed by atoms with Gasteiger partial charge in [-0.25, -0.2) is 9.78 Å². The fourth-order valence-corrected chi connectivity index (χ4v) is 2.67. The number of rotatable bonds is 3. The van der Waals surface area contributed by atoms with Gasteiger partial charge in [-0.1, -0.05) is 43.0 Å². The molecule has 4 nitrogen and oxygen atoms in total. The van der Waals surface area contributed by atoms with Crippen LogP contribution in [-0.4, -0.2) is 11.0 Å². The van der Waals surface area contributed by atoms with E-state index in [1.54, 1.807) is 25.1 Å². The molecule has 1 aromatic heterocycles. The molecule has 25 heavy (non-hydrogen) atoms. The van der Waals surface area contributed by atoms with Crippen molar-refractivity contribution in [2.45, 2.75) is 6.92 Å². The number of ether oxygens (including phenoxy) is 1. The summed E-state index contributed by atoms with van der Waals surface area (Å²) in [7, 11) is 0. The maximum Gasteiger partial charge on any atom is 0.338 e. The highest BCUT2D eigenvalue weighted by molar-refractivity contribution is 6.04. The molecule has 0 aliphatic carbocycles. The minimum atomic E-state index is -0.458. The molecule has 0 atom stereocenters. The highest BCUT2D eigenvalue weighted by Crippen LogP contribution is 2.31. The first kappa shape index (κ1) is 15.1. The summed E-state index contributed by atoms with van der Waals surface area (Å²) in [5.41, 5.74) is 2.63. The number of aromatic nitrogens is 1. The maximum absolute atomic E-state index is 11.7. The van der Waals surface area contributed by atoms with Gasteiger partial charge in [0.05, 0.1) is 0 Å². The number of carbonyl (C=O) groups excluding carboxylic acids is 1. The minimum Gasteiger partial charge on any atom is -0.436 e. The second-order valence-corrected chi connectivity index (χ2v) is 5.85. The van der Waals surface area contributed by atoms with Crippen molar-refractivity contribution >= 4 is 27.8 Å². The normalized spacial score (nSPS) is 10.9. The standard InChI is InChI=1S/C21H15NO3/c1-13(2)21(23)24-16-8-5-7-15(12-16)20-22-19-17-9-4-3-6-14(17)10-11-18(19)25-20/h3-12H,1H2,2H3. The lowest BCUT2D eigenvalue weighted by Crippen LogP contribution is -2.08. The van der Waals surface area contributed by atoms with Crippen LogP contribution >= 0.6 is 0 Å². The molecule has 4 rings (SSSR count). The molecule has 0 saturated heterocycles. The average molecular weight is 329 g/mol. The topological polar surface area (TPSA) is 52.3 Å². The Morgan fingerprint density at radius 3 is 2.76 bits per heavy atom. The molecule has 0 bridgehead atoms. The summed E-state index contributed by atoms with van der Waals surface area (Å²) >= 11 is 0. The number of esters is 1. The van der Waals surface area contributed by atoms with Crippen molar-refractivity contribution in [3.05, 3.63) is 72.8 Å². The van der Waals surface area contributed by atoms with Crippen molar-refractivity contribution in [2.75, 3.05) is 0 Å². The van der Waals surface area contributed by atoms with Crippen molar-refractivity contribution in [1.82, 2.24) is 4.98 Å². The van der Waals surface area contributed by atoms with Crippen LogP contribution in [0.3, 0.4) is 0 Å². The van der Waals surface area contributed by atoms with Gasteiger partial charge in [-0.15, -0.1) is 0 Å². The van der Waals surface area contributed by atoms with Crippen LogP contribution in [0.4, 0.5) is 0 Å². The number of oxazole rings is 1. The predicted molar refractivity (Wildman–Crippen MR) is 97.4 cm³/mol. The van der Waals surface area contributed by atoms with Crippen molar-refractivity contribution in [3.8, 4) is 17.2 Å². The van der Waals surface area contributed by atoms with Crippen LogP contribution < -0.4 is 4.74 Å². The fraction of sp³-hybridized carbons (Fsp3) is 0.0476. The molecule has 0 amide bonds. The van der Waals surface area contributed by atoms with E-state index >= 15 is 0 Å². The second-order valence-electron chi connectivity index (χ2n) is 5.85. The van der Waals surface area contributed by atoms with E-state index in [1.807, 2.05) is 42.5 Å². The molecule has 0 fully saturated rings. The fourth-order valence-electron chi connectivity index (χ4n) is 2.67. The van der Waals surface area contributed by atoms with Gasteiger partial charge in [0.2, 0.25) is 5.89 Å². The summed E-state index contributed by atoms with van der Waals surface area (Å²) in [4.78, 5) is 16.3. The van der Waals surface area contributed by atoms with E-state index in [0.29, 0.717) is 17.2 Å². The van der Waals surface area contributed by atoms with E-state index in [-0.39, 0.29) is 0 Å². The molecule has 0 aliphatic heterocycles. The molecule has 0 unspecified atom stereocenters. The van der Waals surface area contributed by atoms with Gasteiger partial charge < -0.3 is 9.15 Å². The number of nitrogens with zero attached hydrogens (tertiary/aromatic N) is 1. The Balaban J connectivity index is 1.78. The summed E-state index contributed by atoms with van der Waals surface area (Å²) < 4.78 is 11.2. The summed E-state index contributed by atoms with van der Waals surface area (Å²) in [6, 6.07) is 19.1. The Morgan fingerprint density at radius 2 is 1.92 bits per heavy atom. The number of hydrogen-bond donors (Lipinski definition) is 0. The van der Waals surface area contributed by atoms with Crippen molar-refractivity contribution in [1.29, 1.82) is 0 Å². The first-order valence-electron chi connectivity index (χ1n) is 7.88. The van der Waals surface area contributed by atoms with E-state index in [0.717, 1.165) is 27.4 Å².